The van der Waals surface area contributed by atoms with Gasteiger partial charge in [-0.3, -0.25) is 4.79 Å². The van der Waals surface area contributed by atoms with Gasteiger partial charge < -0.3 is 5.32 Å². The topological polar surface area (TPSA) is 63.2 Å². The first-order chi connectivity index (χ1) is 8.55. The average molecular weight is 273 g/mol. The molecule has 2 fully saturated rings. The van der Waals surface area contributed by atoms with Crippen molar-refractivity contribution >= 4 is 15.7 Å². The molecule has 1 N–H and O–H groups in total. The fraction of sp³-hybridized carbons (Fsp3) is 0.923. The van der Waals surface area contributed by atoms with Crippen molar-refractivity contribution in [2.24, 2.45) is 5.92 Å². The highest BCUT2D eigenvalue weighted by Crippen LogP contribution is 2.22. The molecule has 0 bridgehead atoms. The Labute approximate surface area is 109 Å². The normalized spacial score (nSPS) is 28.8. The van der Waals surface area contributed by atoms with Gasteiger partial charge >= 0.3 is 0 Å². The first-order valence-corrected chi connectivity index (χ1v) is 8.87. The van der Waals surface area contributed by atoms with Crippen molar-refractivity contribution in [3.8, 4) is 0 Å². The molecule has 1 unspecified atom stereocenters. The lowest BCUT2D eigenvalue weighted by molar-refractivity contribution is -0.122. The van der Waals surface area contributed by atoms with E-state index in [0.29, 0.717) is 18.9 Å². The predicted molar refractivity (Wildman–Crippen MR) is 71.0 cm³/mol. The smallest absolute Gasteiger partial charge is 0.220 e. The van der Waals surface area contributed by atoms with Crippen molar-refractivity contribution in [2.75, 3.05) is 11.5 Å². The number of rotatable bonds is 3. The number of nitrogens with one attached hydrogen (secondary N) is 1. The zero-order chi connectivity index (χ0) is 13.0. The number of hydrogen-bond acceptors (Lipinski definition) is 3. The molecule has 0 aromatic carbocycles. The fourth-order valence-corrected chi connectivity index (χ4v) is 4.87. The second-order valence-corrected chi connectivity index (χ2v) is 7.96. The summed E-state index contributed by atoms with van der Waals surface area (Å²) in [5, 5.41) is 3.08. The molecule has 5 heteroatoms. The SMILES string of the molecule is O=C(CC1CCS(=O)(=O)C1)NC1CCCCCC1. The van der Waals surface area contributed by atoms with E-state index in [1.165, 1.54) is 25.7 Å². The molecule has 1 aliphatic heterocycles. The summed E-state index contributed by atoms with van der Waals surface area (Å²) in [4.78, 5) is 11.9. The van der Waals surface area contributed by atoms with Gasteiger partial charge in [0.1, 0.15) is 0 Å². The van der Waals surface area contributed by atoms with Crippen LogP contribution in [0, 0.1) is 5.92 Å². The highest BCUT2D eigenvalue weighted by Gasteiger charge is 2.29. The van der Waals surface area contributed by atoms with E-state index in [1.807, 2.05) is 0 Å². The number of hydrogen-bond donors (Lipinski definition) is 1. The van der Waals surface area contributed by atoms with E-state index in [4.69, 9.17) is 0 Å². The summed E-state index contributed by atoms with van der Waals surface area (Å²) >= 11 is 0. The summed E-state index contributed by atoms with van der Waals surface area (Å²) in [6.45, 7) is 0. The van der Waals surface area contributed by atoms with Crippen LogP contribution < -0.4 is 5.32 Å². The molecule has 1 aliphatic carbocycles. The van der Waals surface area contributed by atoms with Crippen molar-refractivity contribution in [1.29, 1.82) is 0 Å². The van der Waals surface area contributed by atoms with Gasteiger partial charge in [-0.05, 0) is 25.2 Å². The first kappa shape index (κ1) is 13.8. The summed E-state index contributed by atoms with van der Waals surface area (Å²) in [7, 11) is -2.86. The van der Waals surface area contributed by atoms with Gasteiger partial charge in [-0.25, -0.2) is 8.42 Å². The van der Waals surface area contributed by atoms with Crippen LogP contribution in [0.3, 0.4) is 0 Å². The second-order valence-electron chi connectivity index (χ2n) is 5.73. The molecule has 0 spiro atoms. The largest absolute Gasteiger partial charge is 0.353 e. The standard InChI is InChI=1S/C13H23NO3S/c15-13(9-11-7-8-18(16,17)10-11)14-12-5-3-1-2-4-6-12/h11-12H,1-10H2,(H,14,15). The Morgan fingerprint density at radius 3 is 2.28 bits per heavy atom. The number of sulfone groups is 1. The molecular formula is C13H23NO3S. The van der Waals surface area contributed by atoms with Gasteiger partial charge in [0.2, 0.25) is 5.91 Å². The van der Waals surface area contributed by atoms with Crippen LogP contribution in [-0.4, -0.2) is 31.9 Å². The van der Waals surface area contributed by atoms with Gasteiger partial charge in [0.15, 0.2) is 9.84 Å². The van der Waals surface area contributed by atoms with Gasteiger partial charge in [0, 0.05) is 12.5 Å². The molecule has 1 saturated heterocycles. The third-order valence-corrected chi connectivity index (χ3v) is 5.86. The molecule has 0 aromatic heterocycles. The van der Waals surface area contributed by atoms with Gasteiger partial charge in [0.05, 0.1) is 11.5 Å². The Bertz CT molecular complexity index is 383. The number of amides is 1. The molecule has 0 radical (unpaired) electrons. The molecule has 1 saturated carbocycles. The Balaban J connectivity index is 1.75. The molecule has 1 atom stereocenters. The minimum atomic E-state index is -2.86. The molecule has 2 aliphatic rings. The van der Waals surface area contributed by atoms with E-state index in [0.717, 1.165) is 12.8 Å². The Morgan fingerprint density at radius 2 is 1.72 bits per heavy atom. The van der Waals surface area contributed by atoms with Gasteiger partial charge in [-0.1, -0.05) is 25.7 Å². The number of carbonyl (C=O) groups excluding carboxylic acids is 1. The van der Waals surface area contributed by atoms with Crippen LogP contribution in [0.2, 0.25) is 0 Å². The zero-order valence-electron chi connectivity index (χ0n) is 10.9. The molecule has 1 amide bonds. The van der Waals surface area contributed by atoms with Crippen LogP contribution in [0.5, 0.6) is 0 Å². The van der Waals surface area contributed by atoms with Crippen molar-refractivity contribution < 1.29 is 13.2 Å². The average Bonchev–Trinajstić information content (AvgIpc) is 2.52. The van der Waals surface area contributed by atoms with E-state index in [2.05, 4.69) is 5.32 Å². The monoisotopic (exact) mass is 273 g/mol. The van der Waals surface area contributed by atoms with E-state index in [9.17, 15) is 13.2 Å². The molecule has 104 valence electrons. The summed E-state index contributed by atoms with van der Waals surface area (Å²) in [6, 6.07) is 0.318. The Morgan fingerprint density at radius 1 is 1.06 bits per heavy atom. The van der Waals surface area contributed by atoms with E-state index < -0.39 is 9.84 Å². The van der Waals surface area contributed by atoms with E-state index in [-0.39, 0.29) is 23.3 Å². The summed E-state index contributed by atoms with van der Waals surface area (Å²) in [6.07, 6.45) is 8.13. The van der Waals surface area contributed by atoms with E-state index >= 15 is 0 Å². The summed E-state index contributed by atoms with van der Waals surface area (Å²) in [5.41, 5.74) is 0. The predicted octanol–water partition coefficient (Wildman–Crippen LogP) is 1.65. The first-order valence-electron chi connectivity index (χ1n) is 7.05. The number of carbonyl (C=O) groups is 1. The molecule has 4 nitrogen and oxygen atoms in total. The van der Waals surface area contributed by atoms with Crippen LogP contribution in [0.25, 0.3) is 0 Å². The second kappa shape index (κ2) is 6.04. The van der Waals surface area contributed by atoms with Gasteiger partial charge in [0.25, 0.3) is 0 Å². The highest BCUT2D eigenvalue weighted by atomic mass is 32.2. The lowest BCUT2D eigenvalue weighted by atomic mass is 10.0. The van der Waals surface area contributed by atoms with Crippen LogP contribution in [0.1, 0.15) is 51.4 Å². The van der Waals surface area contributed by atoms with Crippen LogP contribution >= 0.6 is 0 Å². The minimum Gasteiger partial charge on any atom is -0.353 e. The van der Waals surface area contributed by atoms with Gasteiger partial charge in [-0.15, -0.1) is 0 Å². The lowest BCUT2D eigenvalue weighted by Crippen LogP contribution is -2.35. The zero-order valence-corrected chi connectivity index (χ0v) is 11.7. The van der Waals surface area contributed by atoms with Crippen molar-refractivity contribution in [1.82, 2.24) is 5.32 Å². The molecule has 1 heterocycles. The maximum absolute atomic E-state index is 11.9. The third kappa shape index (κ3) is 4.26. The van der Waals surface area contributed by atoms with Crippen molar-refractivity contribution in [2.45, 2.75) is 57.4 Å². The molecule has 18 heavy (non-hydrogen) atoms. The molecular weight excluding hydrogens is 250 g/mol. The summed E-state index contributed by atoms with van der Waals surface area (Å²) < 4.78 is 22.7. The fourth-order valence-electron chi connectivity index (χ4n) is 3.01. The van der Waals surface area contributed by atoms with Crippen LogP contribution in [0.4, 0.5) is 0 Å². The molecule has 2 rings (SSSR count). The lowest BCUT2D eigenvalue weighted by Gasteiger charge is -2.17. The maximum atomic E-state index is 11.9. The van der Waals surface area contributed by atoms with Crippen molar-refractivity contribution in [3.63, 3.8) is 0 Å². The van der Waals surface area contributed by atoms with Gasteiger partial charge in [-0.2, -0.15) is 0 Å². The van der Waals surface area contributed by atoms with Crippen LogP contribution in [-0.2, 0) is 14.6 Å². The maximum Gasteiger partial charge on any atom is 0.220 e. The minimum absolute atomic E-state index is 0.0424. The van der Waals surface area contributed by atoms with Crippen LogP contribution in [0.15, 0.2) is 0 Å². The quantitative estimate of drug-likeness (QED) is 0.795. The third-order valence-electron chi connectivity index (χ3n) is 4.02. The Hall–Kier alpha value is -0.580. The Kier molecular flexibility index (Phi) is 4.65. The van der Waals surface area contributed by atoms with Crippen molar-refractivity contribution in [3.05, 3.63) is 0 Å². The summed E-state index contributed by atoms with van der Waals surface area (Å²) in [5.74, 6) is 0.546. The highest BCUT2D eigenvalue weighted by molar-refractivity contribution is 7.91. The van der Waals surface area contributed by atoms with E-state index in [1.54, 1.807) is 0 Å². The molecule has 0 aromatic rings.